The van der Waals surface area contributed by atoms with E-state index in [1.807, 2.05) is 13.2 Å². The third-order valence-electron chi connectivity index (χ3n) is 3.63. The Morgan fingerprint density at radius 2 is 2.28 bits per heavy atom. The van der Waals surface area contributed by atoms with Crippen LogP contribution < -0.4 is 5.32 Å². The second kappa shape index (κ2) is 6.54. The number of piperidine rings is 1. The minimum Gasteiger partial charge on any atom is -0.341 e. The van der Waals surface area contributed by atoms with Gasteiger partial charge in [-0.05, 0) is 38.3 Å². The molecule has 0 aliphatic carbocycles. The predicted octanol–water partition coefficient (Wildman–Crippen LogP) is 1.15. The van der Waals surface area contributed by atoms with Gasteiger partial charge in [0, 0.05) is 31.8 Å². The van der Waals surface area contributed by atoms with E-state index < -0.39 is 0 Å². The molecule has 0 saturated carbocycles. The molecule has 1 aromatic heterocycles. The van der Waals surface area contributed by atoms with Crippen molar-refractivity contribution in [1.29, 1.82) is 0 Å². The van der Waals surface area contributed by atoms with Gasteiger partial charge in [-0.25, -0.2) is 0 Å². The first-order chi connectivity index (χ1) is 8.75. The van der Waals surface area contributed by atoms with E-state index in [9.17, 15) is 4.79 Å². The molecular formula is C13H22N4O. The van der Waals surface area contributed by atoms with Gasteiger partial charge in [-0.2, -0.15) is 5.10 Å². The van der Waals surface area contributed by atoms with Crippen molar-refractivity contribution in [2.24, 2.45) is 5.92 Å². The van der Waals surface area contributed by atoms with Crippen molar-refractivity contribution < 1.29 is 4.79 Å². The van der Waals surface area contributed by atoms with Crippen LogP contribution in [0.25, 0.3) is 0 Å². The Kier molecular flexibility index (Phi) is 4.75. The Balaban J connectivity index is 1.70. The van der Waals surface area contributed by atoms with Crippen LogP contribution in [0.1, 0.15) is 31.2 Å². The van der Waals surface area contributed by atoms with Gasteiger partial charge in [0.05, 0.1) is 6.20 Å². The number of amides is 1. The Morgan fingerprint density at radius 1 is 1.50 bits per heavy atom. The normalized spacial score (nSPS) is 16.7. The van der Waals surface area contributed by atoms with Gasteiger partial charge < -0.3 is 10.2 Å². The largest absolute Gasteiger partial charge is 0.341 e. The quantitative estimate of drug-likeness (QED) is 0.824. The average Bonchev–Trinajstić information content (AvgIpc) is 2.90. The van der Waals surface area contributed by atoms with Crippen LogP contribution in [-0.4, -0.2) is 41.1 Å². The number of H-pyrrole nitrogens is 1. The summed E-state index contributed by atoms with van der Waals surface area (Å²) in [7, 11) is 1.86. The second-order valence-electron chi connectivity index (χ2n) is 5.09. The molecule has 0 bridgehead atoms. The number of aromatic nitrogens is 2. The fourth-order valence-electron chi connectivity index (χ4n) is 2.41. The van der Waals surface area contributed by atoms with Crippen molar-refractivity contribution in [2.75, 3.05) is 20.1 Å². The lowest BCUT2D eigenvalue weighted by atomic mass is 9.93. The molecule has 0 spiro atoms. The van der Waals surface area contributed by atoms with Crippen molar-refractivity contribution in [2.45, 2.75) is 32.2 Å². The summed E-state index contributed by atoms with van der Waals surface area (Å²) in [6.45, 7) is 2.84. The van der Waals surface area contributed by atoms with Gasteiger partial charge >= 0.3 is 0 Å². The first-order valence-electron chi connectivity index (χ1n) is 6.68. The van der Waals surface area contributed by atoms with E-state index in [4.69, 9.17) is 0 Å². The maximum absolute atomic E-state index is 12.0. The van der Waals surface area contributed by atoms with Crippen LogP contribution in [0.4, 0.5) is 0 Å². The molecular weight excluding hydrogens is 228 g/mol. The molecule has 18 heavy (non-hydrogen) atoms. The fourth-order valence-corrected chi connectivity index (χ4v) is 2.41. The maximum Gasteiger partial charge on any atom is 0.222 e. The average molecular weight is 250 g/mol. The highest BCUT2D eigenvalue weighted by molar-refractivity contribution is 5.75. The zero-order valence-corrected chi connectivity index (χ0v) is 11.0. The summed E-state index contributed by atoms with van der Waals surface area (Å²) in [4.78, 5) is 13.8. The third-order valence-corrected chi connectivity index (χ3v) is 3.63. The number of carbonyl (C=O) groups is 1. The molecule has 0 unspecified atom stereocenters. The standard InChI is InChI=1S/C13H22N4O/c1-17(10-12-8-15-16-9-12)13(18)3-2-11-4-6-14-7-5-11/h8-9,11,14H,2-7,10H2,1H3,(H,15,16). The number of rotatable bonds is 5. The van der Waals surface area contributed by atoms with E-state index >= 15 is 0 Å². The Morgan fingerprint density at radius 3 is 2.94 bits per heavy atom. The molecule has 0 atom stereocenters. The highest BCUT2D eigenvalue weighted by atomic mass is 16.2. The number of carbonyl (C=O) groups excluding carboxylic acids is 1. The Bertz CT molecular complexity index is 357. The third kappa shape index (κ3) is 3.84. The monoisotopic (exact) mass is 250 g/mol. The summed E-state index contributed by atoms with van der Waals surface area (Å²) < 4.78 is 0. The van der Waals surface area contributed by atoms with Gasteiger partial charge in [-0.1, -0.05) is 0 Å². The van der Waals surface area contributed by atoms with Crippen molar-refractivity contribution in [3.8, 4) is 0 Å². The molecule has 5 heteroatoms. The molecule has 1 aromatic rings. The summed E-state index contributed by atoms with van der Waals surface area (Å²) in [6, 6.07) is 0. The Hall–Kier alpha value is -1.36. The number of nitrogens with one attached hydrogen (secondary N) is 2. The van der Waals surface area contributed by atoms with Gasteiger partial charge in [-0.3, -0.25) is 9.89 Å². The molecule has 1 fully saturated rings. The minimum atomic E-state index is 0.231. The number of nitrogens with zero attached hydrogens (tertiary/aromatic N) is 2. The highest BCUT2D eigenvalue weighted by Gasteiger charge is 2.16. The van der Waals surface area contributed by atoms with Crippen LogP contribution in [0, 0.1) is 5.92 Å². The molecule has 1 aliphatic rings. The molecule has 0 aromatic carbocycles. The van der Waals surface area contributed by atoms with Gasteiger partial charge in [-0.15, -0.1) is 0 Å². The van der Waals surface area contributed by atoms with Crippen LogP contribution in [0.5, 0.6) is 0 Å². The first kappa shape index (κ1) is 13.1. The lowest BCUT2D eigenvalue weighted by Gasteiger charge is -2.23. The summed E-state index contributed by atoms with van der Waals surface area (Å²) in [5, 5.41) is 10.00. The molecule has 1 aliphatic heterocycles. The van der Waals surface area contributed by atoms with E-state index in [1.165, 1.54) is 12.8 Å². The molecule has 1 saturated heterocycles. The molecule has 0 radical (unpaired) electrons. The van der Waals surface area contributed by atoms with Gasteiger partial charge in [0.15, 0.2) is 0 Å². The topological polar surface area (TPSA) is 61.0 Å². The number of aromatic amines is 1. The molecule has 2 heterocycles. The van der Waals surface area contributed by atoms with Crippen LogP contribution in [0.15, 0.2) is 12.4 Å². The smallest absolute Gasteiger partial charge is 0.222 e. The maximum atomic E-state index is 12.0. The van der Waals surface area contributed by atoms with Crippen LogP contribution in [0.3, 0.4) is 0 Å². The number of hydrogen-bond donors (Lipinski definition) is 2. The second-order valence-corrected chi connectivity index (χ2v) is 5.09. The summed E-state index contributed by atoms with van der Waals surface area (Å²) in [6.07, 6.45) is 7.69. The minimum absolute atomic E-state index is 0.231. The number of hydrogen-bond acceptors (Lipinski definition) is 3. The van der Waals surface area contributed by atoms with E-state index in [1.54, 1.807) is 11.1 Å². The van der Waals surface area contributed by atoms with Crippen molar-refractivity contribution in [3.63, 3.8) is 0 Å². The SMILES string of the molecule is CN(Cc1cn[nH]c1)C(=O)CCC1CCNCC1. The molecule has 1 amide bonds. The summed E-state index contributed by atoms with van der Waals surface area (Å²) in [5.41, 5.74) is 1.05. The van der Waals surface area contributed by atoms with Crippen molar-refractivity contribution in [3.05, 3.63) is 18.0 Å². The molecule has 2 N–H and O–H groups in total. The molecule has 5 nitrogen and oxygen atoms in total. The van der Waals surface area contributed by atoms with Gasteiger partial charge in [0.2, 0.25) is 5.91 Å². The van der Waals surface area contributed by atoms with Crippen molar-refractivity contribution >= 4 is 5.91 Å². The fraction of sp³-hybridized carbons (Fsp3) is 0.692. The van der Waals surface area contributed by atoms with Gasteiger partial charge in [0.1, 0.15) is 0 Å². The van der Waals surface area contributed by atoms with Crippen molar-refractivity contribution in [1.82, 2.24) is 20.4 Å². The zero-order valence-electron chi connectivity index (χ0n) is 11.0. The Labute approximate surface area is 108 Å². The van der Waals surface area contributed by atoms with Gasteiger partial charge in [0.25, 0.3) is 0 Å². The predicted molar refractivity (Wildman–Crippen MR) is 69.9 cm³/mol. The van der Waals surface area contributed by atoms with E-state index in [0.29, 0.717) is 13.0 Å². The molecule has 100 valence electrons. The van der Waals surface area contributed by atoms with E-state index in [-0.39, 0.29) is 5.91 Å². The van der Waals surface area contributed by atoms with Crippen LogP contribution in [-0.2, 0) is 11.3 Å². The van der Waals surface area contributed by atoms with E-state index in [2.05, 4.69) is 15.5 Å². The van der Waals surface area contributed by atoms with E-state index in [0.717, 1.165) is 31.0 Å². The van der Waals surface area contributed by atoms with Crippen LogP contribution in [0.2, 0.25) is 0 Å². The lowest BCUT2D eigenvalue weighted by Crippen LogP contribution is -2.30. The molecule has 2 rings (SSSR count). The highest BCUT2D eigenvalue weighted by Crippen LogP contribution is 2.18. The first-order valence-corrected chi connectivity index (χ1v) is 6.68. The van der Waals surface area contributed by atoms with Crippen LogP contribution >= 0.6 is 0 Å². The zero-order chi connectivity index (χ0) is 12.8. The summed E-state index contributed by atoms with van der Waals surface area (Å²) in [5.74, 6) is 0.951. The lowest BCUT2D eigenvalue weighted by molar-refractivity contribution is -0.130. The summed E-state index contributed by atoms with van der Waals surface area (Å²) >= 11 is 0.